The standard InChI is InChI=1S/C24H20F4N4O3/c1-34-18-8-5-13(11-19(18)35-2)14-9-16-20(17(33)10-14)21(12-3-6-15(25)7-4-12)32-23(29-16)30-22(31-32)24(26,27)28/h3-8,11,14,21H,9-10H2,1-2H3,(H,29,30,31)/t14-,21+/m1/s1. The number of anilines is 1. The molecule has 0 saturated heterocycles. The fourth-order valence-electron chi connectivity index (χ4n) is 4.63. The summed E-state index contributed by atoms with van der Waals surface area (Å²) in [5.74, 6) is -1.41. The summed E-state index contributed by atoms with van der Waals surface area (Å²) < 4.78 is 65.5. The van der Waals surface area contributed by atoms with Gasteiger partial charge in [-0.2, -0.15) is 18.2 Å². The maximum absolute atomic E-state index is 13.6. The first-order chi connectivity index (χ1) is 16.7. The van der Waals surface area contributed by atoms with E-state index in [9.17, 15) is 22.4 Å². The summed E-state index contributed by atoms with van der Waals surface area (Å²) in [6.07, 6.45) is -4.29. The molecule has 0 fully saturated rings. The Labute approximate surface area is 197 Å². The van der Waals surface area contributed by atoms with Gasteiger partial charge in [0.15, 0.2) is 17.3 Å². The highest BCUT2D eigenvalue weighted by Gasteiger charge is 2.43. The second kappa shape index (κ2) is 8.40. The summed E-state index contributed by atoms with van der Waals surface area (Å²) in [5.41, 5.74) is 2.01. The van der Waals surface area contributed by atoms with Gasteiger partial charge in [-0.1, -0.05) is 18.2 Å². The number of benzene rings is 2. The molecule has 1 aromatic heterocycles. The number of aromatic nitrogens is 3. The molecule has 11 heteroatoms. The molecule has 5 rings (SSSR count). The van der Waals surface area contributed by atoms with Gasteiger partial charge in [-0.25, -0.2) is 9.07 Å². The zero-order valence-corrected chi connectivity index (χ0v) is 18.7. The Morgan fingerprint density at radius 3 is 2.34 bits per heavy atom. The van der Waals surface area contributed by atoms with Crippen molar-refractivity contribution in [2.45, 2.75) is 31.0 Å². The van der Waals surface area contributed by atoms with Crippen molar-refractivity contribution in [3.8, 4) is 11.5 Å². The van der Waals surface area contributed by atoms with Crippen LogP contribution in [-0.4, -0.2) is 34.8 Å². The Hall–Kier alpha value is -3.89. The lowest BCUT2D eigenvalue weighted by Gasteiger charge is -2.35. The van der Waals surface area contributed by atoms with Gasteiger partial charge in [-0.05, 0) is 47.7 Å². The van der Waals surface area contributed by atoms with E-state index in [1.807, 2.05) is 6.07 Å². The van der Waals surface area contributed by atoms with Gasteiger partial charge in [0, 0.05) is 17.7 Å². The molecule has 7 nitrogen and oxygen atoms in total. The molecule has 0 saturated carbocycles. The summed E-state index contributed by atoms with van der Waals surface area (Å²) in [5, 5.41) is 6.56. The number of methoxy groups -OCH3 is 2. The smallest absolute Gasteiger partial charge is 0.453 e. The minimum Gasteiger partial charge on any atom is -0.493 e. The van der Waals surface area contributed by atoms with E-state index in [4.69, 9.17) is 9.47 Å². The maximum atomic E-state index is 13.6. The van der Waals surface area contributed by atoms with E-state index < -0.39 is 23.9 Å². The van der Waals surface area contributed by atoms with Crippen molar-refractivity contribution in [2.24, 2.45) is 0 Å². The summed E-state index contributed by atoms with van der Waals surface area (Å²) in [7, 11) is 3.03. The van der Waals surface area contributed by atoms with Crippen LogP contribution in [0.5, 0.6) is 11.5 Å². The summed E-state index contributed by atoms with van der Waals surface area (Å²) >= 11 is 0. The zero-order valence-electron chi connectivity index (χ0n) is 18.7. The molecule has 182 valence electrons. The Morgan fingerprint density at radius 2 is 1.69 bits per heavy atom. The van der Waals surface area contributed by atoms with Gasteiger partial charge in [0.25, 0.3) is 5.82 Å². The summed E-state index contributed by atoms with van der Waals surface area (Å²) in [4.78, 5) is 17.1. The van der Waals surface area contributed by atoms with Gasteiger partial charge >= 0.3 is 6.18 Å². The predicted molar refractivity (Wildman–Crippen MR) is 117 cm³/mol. The molecule has 0 amide bonds. The van der Waals surface area contributed by atoms with Crippen LogP contribution in [0.3, 0.4) is 0 Å². The van der Waals surface area contributed by atoms with Crippen LogP contribution in [0, 0.1) is 5.82 Å². The fraction of sp³-hybridized carbons (Fsp3) is 0.292. The van der Waals surface area contributed by atoms with Gasteiger partial charge in [-0.15, -0.1) is 5.10 Å². The normalized spacial score (nSPS) is 19.7. The zero-order chi connectivity index (χ0) is 24.9. The van der Waals surface area contributed by atoms with Crippen LogP contribution in [0.4, 0.5) is 23.5 Å². The number of ether oxygens (including phenoxy) is 2. The van der Waals surface area contributed by atoms with Crippen molar-refractivity contribution in [2.75, 3.05) is 19.5 Å². The SMILES string of the molecule is COc1ccc([C@H]2CC(=O)C3=C(C2)Nc2nc(C(F)(F)F)nn2[C@H]3c2ccc(F)cc2)cc1OC. The lowest BCUT2D eigenvalue weighted by Crippen LogP contribution is -2.33. The number of fused-ring (bicyclic) bond motifs is 1. The Kier molecular flexibility index (Phi) is 5.49. The molecule has 2 atom stereocenters. The number of ketones is 1. The van der Waals surface area contributed by atoms with E-state index >= 15 is 0 Å². The van der Waals surface area contributed by atoms with Gasteiger partial charge in [0.1, 0.15) is 11.9 Å². The van der Waals surface area contributed by atoms with Crippen molar-refractivity contribution in [3.63, 3.8) is 0 Å². The number of alkyl halides is 3. The van der Waals surface area contributed by atoms with Gasteiger partial charge in [-0.3, -0.25) is 4.79 Å². The molecule has 0 unspecified atom stereocenters. The topological polar surface area (TPSA) is 78.3 Å². The number of carbonyl (C=O) groups excluding carboxylic acids is 1. The van der Waals surface area contributed by atoms with E-state index in [0.717, 1.165) is 10.2 Å². The Balaban J connectivity index is 1.59. The first-order valence-corrected chi connectivity index (χ1v) is 10.7. The molecule has 2 heterocycles. The molecule has 0 bridgehead atoms. The van der Waals surface area contributed by atoms with E-state index in [1.165, 1.54) is 38.5 Å². The van der Waals surface area contributed by atoms with Crippen molar-refractivity contribution < 1.29 is 31.8 Å². The number of halogens is 4. The van der Waals surface area contributed by atoms with Crippen LogP contribution in [0.1, 0.15) is 41.8 Å². The van der Waals surface area contributed by atoms with Crippen LogP contribution in [-0.2, 0) is 11.0 Å². The lowest BCUT2D eigenvalue weighted by molar-refractivity contribution is -0.145. The molecule has 3 aromatic rings. The molecule has 35 heavy (non-hydrogen) atoms. The Morgan fingerprint density at radius 1 is 1.00 bits per heavy atom. The number of hydrogen-bond acceptors (Lipinski definition) is 6. The van der Waals surface area contributed by atoms with Crippen LogP contribution in [0.15, 0.2) is 53.7 Å². The third-order valence-electron chi connectivity index (χ3n) is 6.24. The molecule has 0 radical (unpaired) electrons. The minimum absolute atomic E-state index is 0.129. The minimum atomic E-state index is -4.77. The largest absolute Gasteiger partial charge is 0.493 e. The average Bonchev–Trinajstić information content (AvgIpc) is 3.27. The highest BCUT2D eigenvalue weighted by atomic mass is 19.4. The van der Waals surface area contributed by atoms with Crippen molar-refractivity contribution in [1.82, 2.24) is 14.8 Å². The number of nitrogens with one attached hydrogen (secondary N) is 1. The van der Waals surface area contributed by atoms with E-state index in [-0.39, 0.29) is 24.1 Å². The first kappa shape index (κ1) is 22.9. The number of allylic oxidation sites excluding steroid dienone is 2. The fourth-order valence-corrected chi connectivity index (χ4v) is 4.63. The molecular formula is C24H20F4N4O3. The van der Waals surface area contributed by atoms with Crippen LogP contribution in [0.2, 0.25) is 0 Å². The number of Topliss-reactive ketones (excluding diaryl/α,β-unsaturated/α-hetero) is 1. The summed E-state index contributed by atoms with van der Waals surface area (Å²) in [6.45, 7) is 0. The van der Waals surface area contributed by atoms with Crippen molar-refractivity contribution >= 4 is 11.7 Å². The van der Waals surface area contributed by atoms with Crippen molar-refractivity contribution in [1.29, 1.82) is 0 Å². The lowest BCUT2D eigenvalue weighted by atomic mass is 9.78. The first-order valence-electron chi connectivity index (χ1n) is 10.7. The highest BCUT2D eigenvalue weighted by Crippen LogP contribution is 2.45. The molecule has 2 aliphatic rings. The molecule has 1 aliphatic heterocycles. The number of nitrogens with zero attached hydrogens (tertiary/aromatic N) is 3. The van der Waals surface area contributed by atoms with E-state index in [0.29, 0.717) is 34.8 Å². The second-order valence-corrected chi connectivity index (χ2v) is 8.32. The van der Waals surface area contributed by atoms with Crippen LogP contribution in [0.25, 0.3) is 0 Å². The summed E-state index contributed by atoms with van der Waals surface area (Å²) in [6, 6.07) is 9.64. The maximum Gasteiger partial charge on any atom is 0.453 e. The Bertz CT molecular complexity index is 1330. The molecule has 2 aromatic carbocycles. The average molecular weight is 488 g/mol. The third kappa shape index (κ3) is 4.00. The van der Waals surface area contributed by atoms with E-state index in [1.54, 1.807) is 12.1 Å². The van der Waals surface area contributed by atoms with E-state index in [2.05, 4.69) is 15.4 Å². The van der Waals surface area contributed by atoms with Crippen LogP contribution >= 0.6 is 0 Å². The molecule has 1 aliphatic carbocycles. The van der Waals surface area contributed by atoms with Gasteiger partial charge in [0.2, 0.25) is 5.95 Å². The number of carbonyl (C=O) groups is 1. The van der Waals surface area contributed by atoms with Crippen molar-refractivity contribution in [3.05, 3.63) is 76.5 Å². The molecular weight excluding hydrogens is 468 g/mol. The van der Waals surface area contributed by atoms with Gasteiger partial charge < -0.3 is 14.8 Å². The number of hydrogen-bond donors (Lipinski definition) is 1. The molecule has 0 spiro atoms. The monoisotopic (exact) mass is 488 g/mol. The van der Waals surface area contributed by atoms with Crippen LogP contribution < -0.4 is 14.8 Å². The quantitative estimate of drug-likeness (QED) is 0.528. The predicted octanol–water partition coefficient (Wildman–Crippen LogP) is 4.87. The molecule has 1 N–H and O–H groups in total. The third-order valence-corrected chi connectivity index (χ3v) is 6.24. The number of rotatable bonds is 4. The second-order valence-electron chi connectivity index (χ2n) is 8.32. The van der Waals surface area contributed by atoms with Gasteiger partial charge in [0.05, 0.1) is 14.2 Å². The highest BCUT2D eigenvalue weighted by molar-refractivity contribution is 6.00.